The van der Waals surface area contributed by atoms with Crippen molar-refractivity contribution in [3.05, 3.63) is 75.3 Å². The number of nitrogens with two attached hydrogens (primary N) is 1. The molecule has 5 rings (SSSR count). The van der Waals surface area contributed by atoms with Gasteiger partial charge in [-0.25, -0.2) is 13.9 Å². The van der Waals surface area contributed by atoms with Crippen LogP contribution in [0.2, 0.25) is 5.02 Å². The molecule has 2 unspecified atom stereocenters. The van der Waals surface area contributed by atoms with Gasteiger partial charge in [-0.3, -0.25) is 14.2 Å². The predicted octanol–water partition coefficient (Wildman–Crippen LogP) is 3.05. The number of halogens is 2. The number of rotatable bonds is 4. The molecule has 0 saturated carbocycles. The maximum Gasteiger partial charge on any atom is 0.284 e. The van der Waals surface area contributed by atoms with Crippen molar-refractivity contribution < 1.29 is 9.18 Å². The third-order valence-corrected chi connectivity index (χ3v) is 6.11. The van der Waals surface area contributed by atoms with Gasteiger partial charge in [-0.15, -0.1) is 0 Å². The number of Topliss-reactive ketones (excluding diaryl/α,β-unsaturated/α-hetero) is 1. The summed E-state index contributed by atoms with van der Waals surface area (Å²) in [6.07, 6.45) is 3.00. The first-order chi connectivity index (χ1) is 15.8. The fraction of sp³-hybridized carbons (Fsp3) is 0.227. The Kier molecular flexibility index (Phi) is 4.89. The summed E-state index contributed by atoms with van der Waals surface area (Å²) in [5.74, 6) is 0.234. The van der Waals surface area contributed by atoms with E-state index in [9.17, 15) is 14.0 Å². The average molecular weight is 468 g/mol. The number of benzene rings is 1. The molecular formula is C22H19ClFN7O2. The Morgan fingerprint density at radius 2 is 1.97 bits per heavy atom. The molecule has 168 valence electrons. The standard InChI is InChI=1S/C22H19ClFN7O2/c1-11-10-29(19-15(12(2)32)9-26-22(25)27-19)17(11)20-28-30-8-7-16(23)18(30)21(33)31(20)14-5-3-13(24)4-6-14/h3-9,11,17H,10H2,1-2H3,(H2,25,26,27). The Morgan fingerprint density at radius 1 is 1.24 bits per heavy atom. The summed E-state index contributed by atoms with van der Waals surface area (Å²) in [6, 6.07) is 6.73. The Morgan fingerprint density at radius 3 is 2.64 bits per heavy atom. The Hall–Kier alpha value is -3.79. The summed E-state index contributed by atoms with van der Waals surface area (Å²) in [6.45, 7) is 4.00. The van der Waals surface area contributed by atoms with Gasteiger partial charge in [0.25, 0.3) is 5.56 Å². The summed E-state index contributed by atoms with van der Waals surface area (Å²) in [7, 11) is 0. The molecule has 3 aromatic heterocycles. The highest BCUT2D eigenvalue weighted by Gasteiger charge is 2.43. The molecule has 1 aliphatic heterocycles. The lowest BCUT2D eigenvalue weighted by Gasteiger charge is -2.47. The SMILES string of the molecule is CC(=O)c1cnc(N)nc1N1CC(C)C1c1nn2ccc(Cl)c2c(=O)n1-c1ccc(F)cc1. The third-order valence-electron chi connectivity index (χ3n) is 5.81. The van der Waals surface area contributed by atoms with E-state index in [1.165, 1.54) is 46.5 Å². The highest BCUT2D eigenvalue weighted by Crippen LogP contribution is 2.42. The fourth-order valence-electron chi connectivity index (χ4n) is 4.24. The van der Waals surface area contributed by atoms with E-state index < -0.39 is 17.4 Å². The Balaban J connectivity index is 1.75. The smallest absolute Gasteiger partial charge is 0.284 e. The van der Waals surface area contributed by atoms with Gasteiger partial charge in [0.05, 0.1) is 22.3 Å². The van der Waals surface area contributed by atoms with Gasteiger partial charge in [0.15, 0.2) is 11.6 Å². The van der Waals surface area contributed by atoms with Crippen LogP contribution in [0.1, 0.15) is 36.1 Å². The minimum Gasteiger partial charge on any atom is -0.368 e. The van der Waals surface area contributed by atoms with Gasteiger partial charge < -0.3 is 10.6 Å². The van der Waals surface area contributed by atoms with Crippen LogP contribution in [0.15, 0.2) is 47.5 Å². The van der Waals surface area contributed by atoms with Crippen LogP contribution in [-0.4, -0.2) is 36.5 Å². The van der Waals surface area contributed by atoms with E-state index in [1.807, 2.05) is 11.8 Å². The van der Waals surface area contributed by atoms with Crippen molar-refractivity contribution in [1.82, 2.24) is 24.1 Å². The first-order valence-corrected chi connectivity index (χ1v) is 10.6. The molecule has 0 radical (unpaired) electrons. The van der Waals surface area contributed by atoms with Crippen molar-refractivity contribution in [3.8, 4) is 5.69 Å². The second kappa shape index (κ2) is 7.66. The van der Waals surface area contributed by atoms with Gasteiger partial charge in [0, 0.05) is 24.9 Å². The van der Waals surface area contributed by atoms with E-state index in [4.69, 9.17) is 22.4 Å². The number of fused-ring (bicyclic) bond motifs is 1. The molecule has 1 saturated heterocycles. The first-order valence-electron chi connectivity index (χ1n) is 10.2. The zero-order valence-electron chi connectivity index (χ0n) is 17.7. The van der Waals surface area contributed by atoms with Crippen LogP contribution in [0.3, 0.4) is 0 Å². The molecule has 2 atom stereocenters. The van der Waals surface area contributed by atoms with Crippen LogP contribution in [0.5, 0.6) is 0 Å². The molecule has 9 nitrogen and oxygen atoms in total. The number of nitrogen functional groups attached to an aromatic ring is 1. The van der Waals surface area contributed by atoms with Crippen molar-refractivity contribution in [2.45, 2.75) is 19.9 Å². The van der Waals surface area contributed by atoms with Gasteiger partial charge >= 0.3 is 0 Å². The molecule has 4 heterocycles. The summed E-state index contributed by atoms with van der Waals surface area (Å²) < 4.78 is 16.5. The number of carbonyl (C=O) groups excluding carboxylic acids is 1. The minimum absolute atomic E-state index is 0.0323. The van der Waals surface area contributed by atoms with Crippen molar-refractivity contribution in [2.24, 2.45) is 5.92 Å². The summed E-state index contributed by atoms with van der Waals surface area (Å²) in [5.41, 5.74) is 6.39. The Labute approximate surface area is 192 Å². The number of anilines is 2. The second-order valence-corrected chi connectivity index (χ2v) is 8.44. The second-order valence-electron chi connectivity index (χ2n) is 8.03. The van der Waals surface area contributed by atoms with Gasteiger partial charge in [-0.05, 0) is 37.3 Å². The fourth-order valence-corrected chi connectivity index (χ4v) is 4.46. The molecule has 0 aliphatic carbocycles. The van der Waals surface area contributed by atoms with Gasteiger partial charge in [0.1, 0.15) is 17.2 Å². The topological polar surface area (TPSA) is 111 Å². The summed E-state index contributed by atoms with van der Waals surface area (Å²) in [5, 5.41) is 4.96. The van der Waals surface area contributed by atoms with Gasteiger partial charge in [-0.2, -0.15) is 10.1 Å². The van der Waals surface area contributed by atoms with Crippen molar-refractivity contribution in [1.29, 1.82) is 0 Å². The normalized spacial score (nSPS) is 17.9. The Bertz CT molecular complexity index is 1460. The van der Waals surface area contributed by atoms with Gasteiger partial charge in [-0.1, -0.05) is 18.5 Å². The molecule has 1 aromatic carbocycles. The van der Waals surface area contributed by atoms with Crippen LogP contribution in [0.25, 0.3) is 11.2 Å². The van der Waals surface area contributed by atoms with Crippen molar-refractivity contribution in [3.63, 3.8) is 0 Å². The molecule has 0 spiro atoms. The van der Waals surface area contributed by atoms with E-state index in [0.717, 1.165) is 0 Å². The molecular weight excluding hydrogens is 449 g/mol. The lowest BCUT2D eigenvalue weighted by Crippen LogP contribution is -2.52. The zero-order valence-corrected chi connectivity index (χ0v) is 18.5. The monoisotopic (exact) mass is 467 g/mol. The number of hydrogen-bond donors (Lipinski definition) is 1. The summed E-state index contributed by atoms with van der Waals surface area (Å²) in [4.78, 5) is 35.9. The quantitative estimate of drug-likeness (QED) is 0.459. The number of ketones is 1. The largest absolute Gasteiger partial charge is 0.368 e. The van der Waals surface area contributed by atoms with Crippen LogP contribution >= 0.6 is 11.6 Å². The predicted molar refractivity (Wildman–Crippen MR) is 121 cm³/mol. The molecule has 4 aromatic rings. The molecule has 1 aliphatic rings. The summed E-state index contributed by atoms with van der Waals surface area (Å²) >= 11 is 6.26. The van der Waals surface area contributed by atoms with E-state index in [-0.39, 0.29) is 28.2 Å². The number of carbonyl (C=O) groups is 1. The first kappa shape index (κ1) is 21.1. The van der Waals surface area contributed by atoms with E-state index in [0.29, 0.717) is 29.4 Å². The van der Waals surface area contributed by atoms with Crippen LogP contribution in [0.4, 0.5) is 16.2 Å². The molecule has 1 fully saturated rings. The van der Waals surface area contributed by atoms with Crippen molar-refractivity contribution in [2.75, 3.05) is 17.2 Å². The molecule has 11 heteroatoms. The van der Waals surface area contributed by atoms with Crippen molar-refractivity contribution >= 4 is 34.7 Å². The number of nitrogens with zero attached hydrogens (tertiary/aromatic N) is 6. The maximum atomic E-state index is 13.6. The zero-order chi connectivity index (χ0) is 23.4. The lowest BCUT2D eigenvalue weighted by molar-refractivity contribution is 0.101. The van der Waals surface area contributed by atoms with E-state index in [1.54, 1.807) is 12.3 Å². The van der Waals surface area contributed by atoms with Crippen LogP contribution in [-0.2, 0) is 0 Å². The van der Waals surface area contributed by atoms with Crippen LogP contribution < -0.4 is 16.2 Å². The van der Waals surface area contributed by atoms with Gasteiger partial charge in [0.2, 0.25) is 5.95 Å². The molecule has 33 heavy (non-hydrogen) atoms. The highest BCUT2D eigenvalue weighted by molar-refractivity contribution is 6.33. The minimum atomic E-state index is -0.427. The molecule has 0 bridgehead atoms. The number of aromatic nitrogens is 5. The third kappa shape index (κ3) is 3.34. The average Bonchev–Trinajstić information content (AvgIpc) is 3.13. The van der Waals surface area contributed by atoms with E-state index >= 15 is 0 Å². The molecule has 0 amide bonds. The van der Waals surface area contributed by atoms with E-state index in [2.05, 4.69) is 9.97 Å². The number of hydrogen-bond acceptors (Lipinski definition) is 7. The lowest BCUT2D eigenvalue weighted by atomic mass is 9.88. The maximum absolute atomic E-state index is 13.6. The highest BCUT2D eigenvalue weighted by atomic mass is 35.5. The molecule has 2 N–H and O–H groups in total. The van der Waals surface area contributed by atoms with Crippen LogP contribution in [0, 0.1) is 11.7 Å².